The predicted octanol–water partition coefficient (Wildman–Crippen LogP) is 2.55. The van der Waals surface area contributed by atoms with Crippen LogP contribution >= 0.6 is 0 Å². The third-order valence-electron chi connectivity index (χ3n) is 2.85. The normalized spacial score (nSPS) is 12.4. The molecule has 1 rings (SSSR count). The van der Waals surface area contributed by atoms with Gasteiger partial charge in [-0.25, -0.2) is 0 Å². The van der Waals surface area contributed by atoms with Gasteiger partial charge < -0.3 is 10.4 Å². The summed E-state index contributed by atoms with van der Waals surface area (Å²) in [4.78, 5) is 9.81. The number of nitrogens with one attached hydrogen (secondary N) is 1. The summed E-state index contributed by atoms with van der Waals surface area (Å²) in [7, 11) is 0. The van der Waals surface area contributed by atoms with E-state index >= 15 is 0 Å². The van der Waals surface area contributed by atoms with Crippen molar-refractivity contribution < 1.29 is 14.4 Å². The van der Waals surface area contributed by atoms with Crippen molar-refractivity contribution in [1.29, 1.82) is 0 Å². The molecule has 1 aromatic carbocycles. The van der Waals surface area contributed by atoms with Crippen LogP contribution in [0.2, 0.25) is 0 Å². The smallest absolute Gasteiger partial charge is 0.305 e. The van der Waals surface area contributed by atoms with Gasteiger partial charge in [-0.05, 0) is 24.6 Å². The number of benzene rings is 1. The second-order valence-corrected chi connectivity index (χ2v) is 4.39. The minimum Gasteiger partial charge on any atom is -0.387 e. The zero-order chi connectivity index (χ0) is 14.3. The molecule has 0 aliphatic heterocycles. The summed E-state index contributed by atoms with van der Waals surface area (Å²) >= 11 is 0. The molecular weight excluding hydrogens is 251 g/mol. The van der Waals surface area contributed by atoms with Crippen LogP contribution in [0.5, 0.6) is 0 Å². The van der Waals surface area contributed by atoms with E-state index < -0.39 is 22.5 Å². The van der Waals surface area contributed by atoms with Crippen molar-refractivity contribution in [1.82, 2.24) is 5.32 Å². The maximum absolute atomic E-state index is 13.1. The minimum atomic E-state index is -0.892. The molecule has 1 atom stereocenters. The molecule has 0 saturated heterocycles. The van der Waals surface area contributed by atoms with Gasteiger partial charge in [0, 0.05) is 12.6 Å². The first-order chi connectivity index (χ1) is 9.06. The Morgan fingerprint density at radius 3 is 2.84 bits per heavy atom. The summed E-state index contributed by atoms with van der Waals surface area (Å²) < 4.78 is 13.1. The highest BCUT2D eigenvalue weighted by Gasteiger charge is 2.17. The van der Waals surface area contributed by atoms with Gasteiger partial charge in [-0.1, -0.05) is 25.8 Å². The van der Waals surface area contributed by atoms with Crippen LogP contribution in [0.4, 0.5) is 10.1 Å². The Kier molecular flexibility index (Phi) is 6.38. The van der Waals surface area contributed by atoms with Crippen molar-refractivity contribution in [2.24, 2.45) is 0 Å². The van der Waals surface area contributed by atoms with E-state index in [0.29, 0.717) is 12.1 Å². The van der Waals surface area contributed by atoms with Crippen molar-refractivity contribution >= 4 is 5.69 Å². The van der Waals surface area contributed by atoms with Crippen molar-refractivity contribution in [2.75, 3.05) is 13.1 Å². The molecule has 0 aliphatic rings. The van der Waals surface area contributed by atoms with Crippen LogP contribution in [0, 0.1) is 15.9 Å². The molecule has 0 spiro atoms. The number of halogens is 1. The highest BCUT2D eigenvalue weighted by atomic mass is 19.1. The summed E-state index contributed by atoms with van der Waals surface area (Å²) in [5.74, 6) is -0.892. The van der Waals surface area contributed by atoms with Gasteiger partial charge in [0.15, 0.2) is 0 Å². The number of aliphatic hydroxyl groups excluding tert-OH is 1. The lowest BCUT2D eigenvalue weighted by Gasteiger charge is -2.12. The quantitative estimate of drug-likeness (QED) is 0.432. The number of hydrogen-bond acceptors (Lipinski definition) is 4. The fourth-order valence-corrected chi connectivity index (χ4v) is 1.73. The van der Waals surface area contributed by atoms with Gasteiger partial charge in [0.1, 0.15) is 0 Å². The Morgan fingerprint density at radius 1 is 1.47 bits per heavy atom. The lowest BCUT2D eigenvalue weighted by atomic mass is 10.1. The Hall–Kier alpha value is -1.53. The molecule has 2 N–H and O–H groups in total. The summed E-state index contributed by atoms with van der Waals surface area (Å²) in [6.07, 6.45) is 2.38. The highest BCUT2D eigenvalue weighted by Crippen LogP contribution is 2.22. The largest absolute Gasteiger partial charge is 0.387 e. The monoisotopic (exact) mass is 270 g/mol. The number of nitrogens with zero attached hydrogens (tertiary/aromatic N) is 1. The number of hydrogen-bond donors (Lipinski definition) is 2. The van der Waals surface area contributed by atoms with Crippen LogP contribution < -0.4 is 5.32 Å². The molecule has 0 aliphatic carbocycles. The topological polar surface area (TPSA) is 75.4 Å². The number of nitro groups is 1. The molecule has 106 valence electrons. The summed E-state index contributed by atoms with van der Waals surface area (Å²) in [5.41, 5.74) is -0.265. The molecule has 19 heavy (non-hydrogen) atoms. The van der Waals surface area contributed by atoms with Gasteiger partial charge in [-0.3, -0.25) is 10.1 Å². The van der Waals surface area contributed by atoms with Gasteiger partial charge in [0.05, 0.1) is 11.0 Å². The van der Waals surface area contributed by atoms with Crippen molar-refractivity contribution in [3.8, 4) is 0 Å². The third-order valence-corrected chi connectivity index (χ3v) is 2.85. The lowest BCUT2D eigenvalue weighted by molar-refractivity contribution is -0.387. The van der Waals surface area contributed by atoms with Crippen molar-refractivity contribution in [3.63, 3.8) is 0 Å². The van der Waals surface area contributed by atoms with Crippen molar-refractivity contribution in [2.45, 2.75) is 32.3 Å². The third kappa shape index (κ3) is 4.92. The average Bonchev–Trinajstić information content (AvgIpc) is 2.38. The van der Waals surface area contributed by atoms with Crippen LogP contribution in [0.3, 0.4) is 0 Å². The molecule has 0 amide bonds. The van der Waals surface area contributed by atoms with Crippen molar-refractivity contribution in [3.05, 3.63) is 39.7 Å². The second-order valence-electron chi connectivity index (χ2n) is 4.39. The molecule has 0 bridgehead atoms. The first-order valence-electron chi connectivity index (χ1n) is 6.39. The fourth-order valence-electron chi connectivity index (χ4n) is 1.73. The molecule has 0 aromatic heterocycles. The summed E-state index contributed by atoms with van der Waals surface area (Å²) in [6, 6.07) is 3.45. The standard InChI is InChI=1S/C13H19FN2O3/c1-2-3-4-7-15-9-13(17)10-5-6-11(14)12(8-10)16(18)19/h5-6,8,13,15,17H,2-4,7,9H2,1H3. The van der Waals surface area contributed by atoms with Gasteiger partial charge in [-0.15, -0.1) is 0 Å². The highest BCUT2D eigenvalue weighted by molar-refractivity contribution is 5.37. The Balaban J connectivity index is 2.55. The van der Waals surface area contributed by atoms with E-state index in [1.807, 2.05) is 0 Å². The van der Waals surface area contributed by atoms with E-state index in [9.17, 15) is 19.6 Å². The molecule has 1 unspecified atom stereocenters. The van der Waals surface area contributed by atoms with E-state index in [1.54, 1.807) is 0 Å². The Bertz CT molecular complexity index is 426. The van der Waals surface area contributed by atoms with Crippen LogP contribution in [-0.2, 0) is 0 Å². The van der Waals surface area contributed by atoms with E-state index in [2.05, 4.69) is 12.2 Å². The Labute approximate surface area is 111 Å². The molecule has 0 radical (unpaired) electrons. The van der Waals surface area contributed by atoms with E-state index in [4.69, 9.17) is 0 Å². The fraction of sp³-hybridized carbons (Fsp3) is 0.538. The zero-order valence-corrected chi connectivity index (χ0v) is 10.9. The molecule has 5 nitrogen and oxygen atoms in total. The summed E-state index contributed by atoms with van der Waals surface area (Å²) in [6.45, 7) is 3.19. The molecule has 0 saturated carbocycles. The number of nitro benzene ring substituents is 1. The maximum atomic E-state index is 13.1. The predicted molar refractivity (Wildman–Crippen MR) is 70.4 cm³/mol. The first-order valence-corrected chi connectivity index (χ1v) is 6.39. The summed E-state index contributed by atoms with van der Waals surface area (Å²) in [5, 5.41) is 23.5. The van der Waals surface area contributed by atoms with E-state index in [-0.39, 0.29) is 0 Å². The van der Waals surface area contributed by atoms with Crippen LogP contribution in [0.15, 0.2) is 18.2 Å². The van der Waals surface area contributed by atoms with E-state index in [1.165, 1.54) is 6.07 Å². The van der Waals surface area contributed by atoms with Crippen LogP contribution in [-0.4, -0.2) is 23.1 Å². The number of rotatable bonds is 8. The number of aliphatic hydroxyl groups is 1. The van der Waals surface area contributed by atoms with Gasteiger partial charge in [0.25, 0.3) is 0 Å². The lowest BCUT2D eigenvalue weighted by Crippen LogP contribution is -2.22. The molecule has 0 heterocycles. The number of unbranched alkanes of at least 4 members (excludes halogenated alkanes) is 2. The van der Waals surface area contributed by atoms with Gasteiger partial charge in [0.2, 0.25) is 5.82 Å². The molecular formula is C13H19FN2O3. The minimum absolute atomic E-state index is 0.298. The van der Waals surface area contributed by atoms with E-state index in [0.717, 1.165) is 37.9 Å². The van der Waals surface area contributed by atoms with Crippen LogP contribution in [0.1, 0.15) is 37.9 Å². The van der Waals surface area contributed by atoms with Crippen LogP contribution in [0.25, 0.3) is 0 Å². The molecule has 6 heteroatoms. The Morgan fingerprint density at radius 2 is 2.21 bits per heavy atom. The van der Waals surface area contributed by atoms with Gasteiger partial charge >= 0.3 is 5.69 Å². The zero-order valence-electron chi connectivity index (χ0n) is 10.9. The maximum Gasteiger partial charge on any atom is 0.305 e. The van der Waals surface area contributed by atoms with Gasteiger partial charge in [-0.2, -0.15) is 4.39 Å². The first kappa shape index (κ1) is 15.5. The molecule has 0 fully saturated rings. The SMILES string of the molecule is CCCCCNCC(O)c1ccc(F)c([N+](=O)[O-])c1. The second kappa shape index (κ2) is 7.81. The molecule has 1 aromatic rings. The average molecular weight is 270 g/mol.